The van der Waals surface area contributed by atoms with Crippen LogP contribution in [0.2, 0.25) is 32.2 Å². The zero-order chi connectivity index (χ0) is 31.1. The second kappa shape index (κ2) is 17.9. The van der Waals surface area contributed by atoms with Crippen LogP contribution in [-0.2, 0) is 29.7 Å². The van der Waals surface area contributed by atoms with E-state index in [4.69, 9.17) is 14.3 Å². The molecule has 5 N–H and O–H groups in total. The lowest BCUT2D eigenvalue weighted by Crippen LogP contribution is -2.46. The summed E-state index contributed by atoms with van der Waals surface area (Å²) in [7, 11) is -4.01. The number of amides is 2. The number of carbonyl (C=O) groups is 5. The number of urea groups is 1. The van der Waals surface area contributed by atoms with E-state index in [2.05, 4.69) is 46.8 Å². The number of carboxylic acids is 3. The van der Waals surface area contributed by atoms with Gasteiger partial charge in [0.05, 0.1) is 0 Å². The number of carbonyl (C=O) groups excluding carboxylic acids is 2. The molecule has 0 aliphatic heterocycles. The fraction of sp³-hybridized carbons (Fsp3) is 0.640. The smallest absolute Gasteiger partial charge is 0.326 e. The van der Waals surface area contributed by atoms with E-state index in [1.807, 2.05) is 0 Å². The normalized spacial score (nSPS) is 12.4. The second-order valence-corrected chi connectivity index (χ2v) is 21.1. The first kappa shape index (κ1) is 36.2. The zero-order valence-corrected chi connectivity index (χ0v) is 26.9. The van der Waals surface area contributed by atoms with E-state index in [9.17, 15) is 29.1 Å². The number of hydrogen-bond acceptors (Lipinski definition) is 9. The predicted molar refractivity (Wildman–Crippen MR) is 158 cm³/mol. The topological polar surface area (TPSA) is 205 Å². The number of carboxylic acid groups (broad SMARTS) is 3. The Morgan fingerprint density at radius 1 is 0.902 bits per heavy atom. The maximum absolute atomic E-state index is 12.3. The number of thioether (sulfide) groups is 1. The molecule has 41 heavy (non-hydrogen) atoms. The summed E-state index contributed by atoms with van der Waals surface area (Å²) in [5.74, 6) is -3.20. The highest BCUT2D eigenvalue weighted by Crippen LogP contribution is 2.25. The molecule has 0 aliphatic carbocycles. The maximum Gasteiger partial charge on any atom is 0.326 e. The van der Waals surface area contributed by atoms with Gasteiger partial charge in [0.2, 0.25) is 0 Å². The van der Waals surface area contributed by atoms with Crippen molar-refractivity contribution in [2.24, 2.45) is 0 Å². The van der Waals surface area contributed by atoms with Crippen LogP contribution >= 0.6 is 11.8 Å². The molecule has 0 fully saturated rings. The van der Waals surface area contributed by atoms with Crippen LogP contribution < -0.4 is 10.6 Å². The summed E-state index contributed by atoms with van der Waals surface area (Å²) in [6.07, 6.45) is 4.69. The van der Waals surface area contributed by atoms with Crippen LogP contribution in [0.3, 0.4) is 0 Å². The summed E-state index contributed by atoms with van der Waals surface area (Å²) in [4.78, 5) is 65.7. The minimum absolute atomic E-state index is 0.0270. The Hall–Kier alpha value is -2.83. The van der Waals surface area contributed by atoms with Gasteiger partial charge < -0.3 is 30.1 Å². The molecule has 2 amide bonds. The molecule has 1 rings (SSSR count). The predicted octanol–water partition coefficient (Wildman–Crippen LogP) is 3.30. The summed E-state index contributed by atoms with van der Waals surface area (Å²) in [5.41, 5.74) is 0.774. The minimum atomic E-state index is -2.03. The number of nitrogens with zero attached hydrogens (tertiary/aromatic N) is 2. The summed E-state index contributed by atoms with van der Waals surface area (Å²) >= 11 is 1.51. The molecule has 0 radical (unpaired) electrons. The summed E-state index contributed by atoms with van der Waals surface area (Å²) in [5, 5.41) is 32.8. The van der Waals surface area contributed by atoms with Crippen LogP contribution in [0.5, 0.6) is 0 Å². The molecule has 13 nitrogen and oxygen atoms in total. The van der Waals surface area contributed by atoms with Crippen LogP contribution in [0, 0.1) is 0 Å². The summed E-state index contributed by atoms with van der Waals surface area (Å²) in [6.45, 7) is 8.58. The molecule has 0 aromatic carbocycles. The molecule has 1 heterocycles. The van der Waals surface area contributed by atoms with Crippen LogP contribution in [0.15, 0.2) is 17.6 Å². The number of ketones is 1. The molecule has 230 valence electrons. The average molecular weight is 631 g/mol. The number of nitrogens with one attached hydrogen (secondary N) is 2. The summed E-state index contributed by atoms with van der Waals surface area (Å²) < 4.78 is 6.51. The van der Waals surface area contributed by atoms with Gasteiger partial charge in [0.15, 0.2) is 21.8 Å². The van der Waals surface area contributed by atoms with Crippen molar-refractivity contribution in [2.45, 2.75) is 94.8 Å². The number of Topliss-reactive ketones (excluding diaryl/α,β-unsaturated/α-hetero) is 1. The van der Waals surface area contributed by atoms with Gasteiger partial charge in [-0.1, -0.05) is 11.8 Å². The molecule has 1 atom stereocenters. The van der Waals surface area contributed by atoms with Gasteiger partial charge in [0.1, 0.15) is 11.8 Å². The number of rotatable bonds is 21. The lowest BCUT2D eigenvalue weighted by molar-refractivity contribution is -0.140. The van der Waals surface area contributed by atoms with E-state index >= 15 is 0 Å². The first-order valence-electron chi connectivity index (χ1n) is 13.4. The highest BCUT2D eigenvalue weighted by atomic mass is 32.2. The third-order valence-corrected chi connectivity index (χ3v) is 15.6. The zero-order valence-electron chi connectivity index (χ0n) is 24.1. The number of aliphatic carboxylic acids is 3. The Morgan fingerprint density at radius 3 is 2.10 bits per heavy atom. The van der Waals surface area contributed by atoms with Gasteiger partial charge in [-0.3, -0.25) is 14.4 Å². The third-order valence-electron chi connectivity index (χ3n) is 5.81. The van der Waals surface area contributed by atoms with Gasteiger partial charge in [0, 0.05) is 50.0 Å². The summed E-state index contributed by atoms with van der Waals surface area (Å²) in [6, 6.07) is -1.18. The highest BCUT2D eigenvalue weighted by molar-refractivity contribution is 8.00. The second-order valence-electron chi connectivity index (χ2n) is 10.9. The van der Waals surface area contributed by atoms with Crippen molar-refractivity contribution >= 4 is 58.1 Å². The Labute approximate surface area is 246 Å². The molecule has 0 bridgehead atoms. The quantitative estimate of drug-likeness (QED) is 0.0574. The van der Waals surface area contributed by atoms with E-state index in [0.717, 1.165) is 17.0 Å². The molecule has 0 saturated carbocycles. The first-order valence-corrected chi connectivity index (χ1v) is 20.7. The fourth-order valence-corrected chi connectivity index (χ4v) is 14.2. The fourth-order valence-electron chi connectivity index (χ4n) is 3.90. The van der Waals surface area contributed by atoms with E-state index in [1.54, 1.807) is 12.4 Å². The van der Waals surface area contributed by atoms with Crippen LogP contribution in [0.25, 0.3) is 0 Å². The average Bonchev–Trinajstić information content (AvgIpc) is 2.86. The lowest BCUT2D eigenvalue weighted by Gasteiger charge is -2.33. The Bertz CT molecular complexity index is 1040. The van der Waals surface area contributed by atoms with Gasteiger partial charge in [-0.15, -0.1) is 0 Å². The van der Waals surface area contributed by atoms with Gasteiger partial charge in [-0.25, -0.2) is 19.6 Å². The molecule has 0 saturated heterocycles. The van der Waals surface area contributed by atoms with Crippen LogP contribution in [-0.4, -0.2) is 89.6 Å². The molecule has 0 spiro atoms. The molecule has 16 heteroatoms. The molecule has 0 aliphatic rings. The number of aryl methyl sites for hydroxylation is 1. The van der Waals surface area contributed by atoms with Gasteiger partial charge in [0.25, 0.3) is 0 Å². The first-order chi connectivity index (χ1) is 19.1. The van der Waals surface area contributed by atoms with Crippen molar-refractivity contribution in [3.8, 4) is 0 Å². The molecule has 1 aromatic rings. The van der Waals surface area contributed by atoms with E-state index in [0.29, 0.717) is 18.0 Å². The largest absolute Gasteiger partial charge is 0.481 e. The molecule has 0 unspecified atom stereocenters. The monoisotopic (exact) mass is 630 g/mol. The van der Waals surface area contributed by atoms with Crippen molar-refractivity contribution in [3.63, 3.8) is 0 Å². The maximum atomic E-state index is 12.3. The Balaban J connectivity index is 2.43. The van der Waals surface area contributed by atoms with Gasteiger partial charge in [-0.2, -0.15) is 0 Å². The molecular formula is C25H42N4O9SSi2. The van der Waals surface area contributed by atoms with Crippen LogP contribution in [0.1, 0.15) is 50.5 Å². The number of hydrogen-bond donors (Lipinski definition) is 5. The van der Waals surface area contributed by atoms with E-state index in [1.165, 1.54) is 11.8 Å². The van der Waals surface area contributed by atoms with Gasteiger partial charge in [-0.05, 0) is 63.5 Å². The Kier molecular flexibility index (Phi) is 15.8. The number of aromatic nitrogens is 2. The van der Waals surface area contributed by atoms with E-state index < -0.39 is 46.6 Å². The molecular weight excluding hydrogens is 589 g/mol. The SMILES string of the molecule is C[Si](C)(CCCC(=O)O)O[Si](C)(C)CSc1ncc(CCC(=O)CC[C@H](NC(=O)NCCCC(=O)O)C(=O)O)cn1. The van der Waals surface area contributed by atoms with Crippen LogP contribution in [0.4, 0.5) is 4.79 Å². The standard InChI is InChI=1S/C25H42N4O9SSi2/c1-40(2,14-6-8-22(33)34)38-41(3,4)17-39-25-27-15-18(16-28-25)9-10-19(30)11-12-20(23(35)36)29-24(37)26-13-5-7-21(31)32/h15-16,20H,5-14,17H2,1-4H3,(H,31,32)(H,33,34)(H,35,36)(H2,26,29,37)/t20-/m0/s1. The lowest BCUT2D eigenvalue weighted by atomic mass is 10.0. The molecule has 1 aromatic heterocycles. The highest BCUT2D eigenvalue weighted by Gasteiger charge is 2.33. The van der Waals surface area contributed by atoms with Gasteiger partial charge >= 0.3 is 23.9 Å². The van der Waals surface area contributed by atoms with Crippen molar-refractivity contribution in [1.82, 2.24) is 20.6 Å². The Morgan fingerprint density at radius 2 is 1.51 bits per heavy atom. The van der Waals surface area contributed by atoms with Crippen molar-refractivity contribution in [1.29, 1.82) is 0 Å². The van der Waals surface area contributed by atoms with Crippen molar-refractivity contribution in [3.05, 3.63) is 18.0 Å². The minimum Gasteiger partial charge on any atom is -0.481 e. The van der Waals surface area contributed by atoms with Crippen molar-refractivity contribution < 1.29 is 43.4 Å². The van der Waals surface area contributed by atoms with Crippen molar-refractivity contribution in [2.75, 3.05) is 11.9 Å². The van der Waals surface area contributed by atoms with E-state index in [-0.39, 0.29) is 50.9 Å². The third kappa shape index (κ3) is 17.6.